The molecule has 0 amide bonds. The van der Waals surface area contributed by atoms with Crippen molar-refractivity contribution in [1.29, 1.82) is 0 Å². The SMILES string of the molecule is CCCNC(Cc1cn(C)nn1)c1ccc(C(C)C)cc1. The van der Waals surface area contributed by atoms with Crippen LogP contribution in [0.3, 0.4) is 0 Å². The maximum Gasteiger partial charge on any atom is 0.0845 e. The van der Waals surface area contributed by atoms with E-state index in [1.54, 1.807) is 4.68 Å². The lowest BCUT2D eigenvalue weighted by molar-refractivity contribution is 0.524. The molecule has 0 fully saturated rings. The number of nitrogens with zero attached hydrogens (tertiary/aromatic N) is 3. The lowest BCUT2D eigenvalue weighted by atomic mass is 9.97. The van der Waals surface area contributed by atoms with Gasteiger partial charge in [-0.15, -0.1) is 5.10 Å². The fraction of sp³-hybridized carbons (Fsp3) is 0.529. The molecule has 0 saturated heterocycles. The van der Waals surface area contributed by atoms with Gasteiger partial charge in [0.15, 0.2) is 0 Å². The Morgan fingerprint density at radius 3 is 2.33 bits per heavy atom. The van der Waals surface area contributed by atoms with Crippen LogP contribution in [0.4, 0.5) is 0 Å². The molecular weight excluding hydrogens is 260 g/mol. The van der Waals surface area contributed by atoms with Crippen LogP contribution in [0.15, 0.2) is 30.5 Å². The first-order valence-corrected chi connectivity index (χ1v) is 7.78. The van der Waals surface area contributed by atoms with Gasteiger partial charge in [0.25, 0.3) is 0 Å². The third-order valence-corrected chi connectivity index (χ3v) is 3.71. The molecule has 0 aliphatic carbocycles. The largest absolute Gasteiger partial charge is 0.310 e. The van der Waals surface area contributed by atoms with Gasteiger partial charge in [-0.25, -0.2) is 0 Å². The Balaban J connectivity index is 2.14. The van der Waals surface area contributed by atoms with Crippen LogP contribution in [-0.2, 0) is 13.5 Å². The van der Waals surface area contributed by atoms with Gasteiger partial charge in [-0.05, 0) is 30.0 Å². The summed E-state index contributed by atoms with van der Waals surface area (Å²) in [5, 5.41) is 11.8. The molecule has 1 atom stereocenters. The molecule has 1 aromatic heterocycles. The Morgan fingerprint density at radius 2 is 1.81 bits per heavy atom. The van der Waals surface area contributed by atoms with Gasteiger partial charge in [0.05, 0.1) is 5.69 Å². The monoisotopic (exact) mass is 286 g/mol. The summed E-state index contributed by atoms with van der Waals surface area (Å²) in [4.78, 5) is 0. The third-order valence-electron chi connectivity index (χ3n) is 3.71. The number of hydrogen-bond acceptors (Lipinski definition) is 3. The highest BCUT2D eigenvalue weighted by molar-refractivity contribution is 5.27. The molecule has 0 aliphatic rings. The summed E-state index contributed by atoms with van der Waals surface area (Å²) in [6, 6.07) is 9.23. The minimum atomic E-state index is 0.294. The van der Waals surface area contributed by atoms with E-state index in [-0.39, 0.29) is 0 Å². The lowest BCUT2D eigenvalue weighted by Gasteiger charge is -2.18. The first kappa shape index (κ1) is 15.7. The predicted octanol–water partition coefficient (Wildman–Crippen LogP) is 3.22. The number of hydrogen-bond donors (Lipinski definition) is 1. The summed E-state index contributed by atoms with van der Waals surface area (Å²) in [6.45, 7) is 7.65. The van der Waals surface area contributed by atoms with E-state index in [1.165, 1.54) is 11.1 Å². The highest BCUT2D eigenvalue weighted by atomic mass is 15.4. The Morgan fingerprint density at radius 1 is 1.14 bits per heavy atom. The predicted molar refractivity (Wildman–Crippen MR) is 86.3 cm³/mol. The molecule has 4 heteroatoms. The van der Waals surface area contributed by atoms with E-state index in [0.717, 1.165) is 25.1 Å². The van der Waals surface area contributed by atoms with Gasteiger partial charge in [0.1, 0.15) is 0 Å². The normalized spacial score (nSPS) is 12.8. The van der Waals surface area contributed by atoms with Gasteiger partial charge in [-0.2, -0.15) is 0 Å². The van der Waals surface area contributed by atoms with Crippen molar-refractivity contribution in [2.24, 2.45) is 7.05 Å². The number of nitrogens with one attached hydrogen (secondary N) is 1. The molecule has 0 aliphatic heterocycles. The maximum atomic E-state index is 4.21. The molecule has 0 spiro atoms. The van der Waals surface area contributed by atoms with Crippen LogP contribution in [0.25, 0.3) is 0 Å². The number of rotatable bonds is 7. The molecule has 1 N–H and O–H groups in total. The first-order chi connectivity index (χ1) is 10.1. The Kier molecular flexibility index (Phi) is 5.51. The van der Waals surface area contributed by atoms with Crippen LogP contribution in [0, 0.1) is 0 Å². The summed E-state index contributed by atoms with van der Waals surface area (Å²) in [5.41, 5.74) is 3.73. The molecule has 4 nitrogen and oxygen atoms in total. The quantitative estimate of drug-likeness (QED) is 0.850. The van der Waals surface area contributed by atoms with Gasteiger partial charge >= 0.3 is 0 Å². The molecule has 1 unspecified atom stereocenters. The van der Waals surface area contributed by atoms with E-state index >= 15 is 0 Å². The average Bonchev–Trinajstić information content (AvgIpc) is 2.89. The molecule has 1 heterocycles. The van der Waals surface area contributed by atoms with Gasteiger partial charge in [-0.1, -0.05) is 50.3 Å². The van der Waals surface area contributed by atoms with Gasteiger partial charge < -0.3 is 5.32 Å². The van der Waals surface area contributed by atoms with E-state index < -0.39 is 0 Å². The standard InChI is InChI=1S/C17H26N4/c1-5-10-18-17(11-16-12-21(4)20-19-16)15-8-6-14(7-9-15)13(2)3/h6-9,12-13,17-18H,5,10-11H2,1-4H3. The highest BCUT2D eigenvalue weighted by Crippen LogP contribution is 2.21. The molecule has 1 aromatic carbocycles. The molecule has 2 aromatic rings. The highest BCUT2D eigenvalue weighted by Gasteiger charge is 2.14. The van der Waals surface area contributed by atoms with E-state index in [4.69, 9.17) is 0 Å². The molecule has 2 rings (SSSR count). The fourth-order valence-electron chi connectivity index (χ4n) is 2.44. The smallest absolute Gasteiger partial charge is 0.0845 e. The minimum Gasteiger partial charge on any atom is -0.310 e. The van der Waals surface area contributed by atoms with Crippen LogP contribution in [-0.4, -0.2) is 21.5 Å². The van der Waals surface area contributed by atoms with E-state index in [0.29, 0.717) is 12.0 Å². The number of benzene rings is 1. The van der Waals surface area contributed by atoms with Crippen LogP contribution in [0.5, 0.6) is 0 Å². The van der Waals surface area contributed by atoms with Crippen molar-refractivity contribution in [1.82, 2.24) is 20.3 Å². The van der Waals surface area contributed by atoms with Crippen molar-refractivity contribution in [2.45, 2.75) is 45.6 Å². The van der Waals surface area contributed by atoms with Crippen LogP contribution in [0.2, 0.25) is 0 Å². The second kappa shape index (κ2) is 7.36. The van der Waals surface area contributed by atoms with Gasteiger partial charge in [0, 0.05) is 25.7 Å². The molecule has 21 heavy (non-hydrogen) atoms. The van der Waals surface area contributed by atoms with Crippen LogP contribution in [0.1, 0.15) is 56.0 Å². The maximum absolute atomic E-state index is 4.21. The summed E-state index contributed by atoms with van der Waals surface area (Å²) in [5.74, 6) is 0.570. The molecule has 0 saturated carbocycles. The van der Waals surface area contributed by atoms with E-state index in [9.17, 15) is 0 Å². The number of aryl methyl sites for hydroxylation is 1. The second-order valence-electron chi connectivity index (χ2n) is 5.92. The Labute approximate surface area is 127 Å². The minimum absolute atomic E-state index is 0.294. The summed E-state index contributed by atoms with van der Waals surface area (Å²) < 4.78 is 1.76. The van der Waals surface area contributed by atoms with Crippen molar-refractivity contribution < 1.29 is 0 Å². The Bertz CT molecular complexity index is 542. The second-order valence-corrected chi connectivity index (χ2v) is 5.92. The first-order valence-electron chi connectivity index (χ1n) is 7.78. The summed E-state index contributed by atoms with van der Waals surface area (Å²) in [7, 11) is 1.91. The molecule has 0 radical (unpaired) electrons. The zero-order chi connectivity index (χ0) is 15.2. The van der Waals surface area contributed by atoms with Crippen molar-refractivity contribution in [3.8, 4) is 0 Å². The zero-order valence-electron chi connectivity index (χ0n) is 13.5. The van der Waals surface area contributed by atoms with E-state index in [1.807, 2.05) is 13.2 Å². The average molecular weight is 286 g/mol. The molecular formula is C17H26N4. The topological polar surface area (TPSA) is 42.7 Å². The van der Waals surface area contributed by atoms with Gasteiger partial charge in [0.2, 0.25) is 0 Å². The lowest BCUT2D eigenvalue weighted by Crippen LogP contribution is -2.24. The van der Waals surface area contributed by atoms with Gasteiger partial charge in [-0.3, -0.25) is 4.68 Å². The van der Waals surface area contributed by atoms with Crippen molar-refractivity contribution in [3.05, 3.63) is 47.3 Å². The Hall–Kier alpha value is -1.68. The van der Waals surface area contributed by atoms with Crippen LogP contribution >= 0.6 is 0 Å². The van der Waals surface area contributed by atoms with E-state index in [2.05, 4.69) is 60.7 Å². The summed E-state index contributed by atoms with van der Waals surface area (Å²) in [6.07, 6.45) is 3.99. The zero-order valence-corrected chi connectivity index (χ0v) is 13.5. The van der Waals surface area contributed by atoms with Crippen molar-refractivity contribution in [2.75, 3.05) is 6.54 Å². The molecule has 0 bridgehead atoms. The molecule has 114 valence electrons. The van der Waals surface area contributed by atoms with Crippen molar-refractivity contribution >= 4 is 0 Å². The fourth-order valence-corrected chi connectivity index (χ4v) is 2.44. The third kappa shape index (κ3) is 4.39. The number of aromatic nitrogens is 3. The van der Waals surface area contributed by atoms with Crippen molar-refractivity contribution in [3.63, 3.8) is 0 Å². The summed E-state index contributed by atoms with van der Waals surface area (Å²) >= 11 is 0. The van der Waals surface area contributed by atoms with Crippen LogP contribution < -0.4 is 5.32 Å².